The number of hydrogen-bond donors (Lipinski definition) is 3. The Morgan fingerprint density at radius 1 is 1.40 bits per heavy atom. The van der Waals surface area contributed by atoms with Gasteiger partial charge in [0.15, 0.2) is 0 Å². The van der Waals surface area contributed by atoms with Crippen LogP contribution in [0, 0.1) is 0 Å². The van der Waals surface area contributed by atoms with E-state index in [0.29, 0.717) is 6.04 Å². The Morgan fingerprint density at radius 2 is 2.20 bits per heavy atom. The molecule has 0 aromatic rings. The minimum absolute atomic E-state index is 0.0862. The van der Waals surface area contributed by atoms with Gasteiger partial charge in [-0.3, -0.25) is 0 Å². The Bertz CT molecular complexity index is 97.6. The monoisotopic (exact) mass is 144 g/mol. The van der Waals surface area contributed by atoms with Gasteiger partial charge in [-0.05, 0) is 19.9 Å². The first kappa shape index (κ1) is 7.98. The van der Waals surface area contributed by atoms with Crippen molar-refractivity contribution in [3.8, 4) is 0 Å². The van der Waals surface area contributed by atoms with Crippen LogP contribution in [0.1, 0.15) is 12.8 Å². The summed E-state index contributed by atoms with van der Waals surface area (Å²) in [6.07, 6.45) is 2.01. The Labute approximate surface area is 61.8 Å². The summed E-state index contributed by atoms with van der Waals surface area (Å²) >= 11 is 0. The van der Waals surface area contributed by atoms with Crippen LogP contribution in [0.2, 0.25) is 0 Å². The number of aliphatic hydroxyl groups is 1. The van der Waals surface area contributed by atoms with Gasteiger partial charge in [0.1, 0.15) is 0 Å². The van der Waals surface area contributed by atoms with E-state index in [9.17, 15) is 0 Å². The fraction of sp³-hybridized carbons (Fsp3) is 1.00. The number of nitrogens with one attached hydrogen (secondary N) is 2. The summed E-state index contributed by atoms with van der Waals surface area (Å²) in [5.41, 5.74) is 0. The quantitative estimate of drug-likeness (QED) is 0.458. The third-order valence-electron chi connectivity index (χ3n) is 2.02. The van der Waals surface area contributed by atoms with E-state index in [1.54, 1.807) is 0 Å². The summed E-state index contributed by atoms with van der Waals surface area (Å²) in [4.78, 5) is 0. The maximum absolute atomic E-state index is 9.12. The first-order chi connectivity index (χ1) is 4.84. The lowest BCUT2D eigenvalue weighted by atomic mass is 9.89. The normalized spacial score (nSPS) is 31.8. The third-order valence-corrected chi connectivity index (χ3v) is 2.02. The average Bonchev–Trinajstić information content (AvgIpc) is 1.95. The zero-order valence-electron chi connectivity index (χ0n) is 6.43. The summed E-state index contributed by atoms with van der Waals surface area (Å²) < 4.78 is 0. The average molecular weight is 144 g/mol. The molecule has 0 radical (unpaired) electrons. The molecule has 0 bridgehead atoms. The van der Waals surface area contributed by atoms with E-state index in [1.807, 2.05) is 7.05 Å². The maximum atomic E-state index is 9.12. The first-order valence-corrected chi connectivity index (χ1v) is 3.90. The second-order valence-corrected chi connectivity index (χ2v) is 2.81. The summed E-state index contributed by atoms with van der Waals surface area (Å²) in [6.45, 7) is 1.93. The number of hydrogen-bond acceptors (Lipinski definition) is 3. The highest BCUT2D eigenvalue weighted by Crippen LogP contribution is 2.18. The standard InChI is InChI=1S/C7H16N2O/c1-8-4-5-9-6-2-3-7(6)10/h6-10H,2-5H2,1H3. The van der Waals surface area contributed by atoms with Crippen LogP contribution in [-0.2, 0) is 0 Å². The van der Waals surface area contributed by atoms with Gasteiger partial charge >= 0.3 is 0 Å². The Hall–Kier alpha value is -0.120. The Kier molecular flexibility index (Phi) is 3.12. The number of likely N-dealkylation sites (N-methyl/N-ethyl adjacent to an activating group) is 1. The highest BCUT2D eigenvalue weighted by atomic mass is 16.3. The topological polar surface area (TPSA) is 44.3 Å². The van der Waals surface area contributed by atoms with Crippen LogP contribution < -0.4 is 10.6 Å². The molecule has 2 unspecified atom stereocenters. The highest BCUT2D eigenvalue weighted by molar-refractivity contribution is 4.86. The SMILES string of the molecule is CNCCNC1CCC1O. The molecule has 0 amide bonds. The molecule has 0 spiro atoms. The van der Waals surface area contributed by atoms with Gasteiger partial charge < -0.3 is 15.7 Å². The smallest absolute Gasteiger partial charge is 0.0693 e. The van der Waals surface area contributed by atoms with E-state index in [4.69, 9.17) is 5.11 Å². The Morgan fingerprint density at radius 3 is 2.60 bits per heavy atom. The van der Waals surface area contributed by atoms with E-state index < -0.39 is 0 Å². The Balaban J connectivity index is 1.92. The number of rotatable bonds is 4. The zero-order chi connectivity index (χ0) is 7.40. The zero-order valence-corrected chi connectivity index (χ0v) is 6.43. The van der Waals surface area contributed by atoms with Gasteiger partial charge in [0.05, 0.1) is 6.10 Å². The van der Waals surface area contributed by atoms with Gasteiger partial charge in [0, 0.05) is 19.1 Å². The van der Waals surface area contributed by atoms with Crippen molar-refractivity contribution in [1.82, 2.24) is 10.6 Å². The molecule has 3 N–H and O–H groups in total. The fourth-order valence-corrected chi connectivity index (χ4v) is 1.10. The lowest BCUT2D eigenvalue weighted by molar-refractivity contribution is 0.0506. The van der Waals surface area contributed by atoms with Gasteiger partial charge in [-0.1, -0.05) is 0 Å². The molecule has 1 aliphatic carbocycles. The van der Waals surface area contributed by atoms with E-state index >= 15 is 0 Å². The summed E-state index contributed by atoms with van der Waals surface area (Å²) in [5.74, 6) is 0. The van der Waals surface area contributed by atoms with E-state index in [-0.39, 0.29) is 6.10 Å². The minimum Gasteiger partial charge on any atom is -0.392 e. The van der Waals surface area contributed by atoms with Crippen molar-refractivity contribution in [2.45, 2.75) is 25.0 Å². The van der Waals surface area contributed by atoms with Crippen molar-refractivity contribution in [1.29, 1.82) is 0 Å². The second-order valence-electron chi connectivity index (χ2n) is 2.81. The molecule has 1 aliphatic rings. The van der Waals surface area contributed by atoms with Crippen molar-refractivity contribution >= 4 is 0 Å². The molecule has 0 aromatic carbocycles. The largest absolute Gasteiger partial charge is 0.392 e. The maximum Gasteiger partial charge on any atom is 0.0693 e. The predicted molar refractivity (Wildman–Crippen MR) is 41.0 cm³/mol. The van der Waals surface area contributed by atoms with E-state index in [0.717, 1.165) is 25.9 Å². The third kappa shape index (κ3) is 1.94. The first-order valence-electron chi connectivity index (χ1n) is 3.90. The lowest BCUT2D eigenvalue weighted by Crippen LogP contribution is -2.49. The molecule has 0 aromatic heterocycles. The van der Waals surface area contributed by atoms with Gasteiger partial charge in [-0.2, -0.15) is 0 Å². The molecule has 1 saturated carbocycles. The minimum atomic E-state index is -0.0862. The molecule has 0 saturated heterocycles. The summed E-state index contributed by atoms with van der Waals surface area (Å²) in [7, 11) is 1.93. The lowest BCUT2D eigenvalue weighted by Gasteiger charge is -2.33. The van der Waals surface area contributed by atoms with Gasteiger partial charge in [-0.25, -0.2) is 0 Å². The molecule has 1 rings (SSSR count). The van der Waals surface area contributed by atoms with Crippen LogP contribution in [0.3, 0.4) is 0 Å². The van der Waals surface area contributed by atoms with Gasteiger partial charge in [0.25, 0.3) is 0 Å². The van der Waals surface area contributed by atoms with E-state index in [2.05, 4.69) is 10.6 Å². The van der Waals surface area contributed by atoms with Crippen LogP contribution in [0.25, 0.3) is 0 Å². The molecular weight excluding hydrogens is 128 g/mol. The second kappa shape index (κ2) is 3.91. The summed E-state index contributed by atoms with van der Waals surface area (Å²) in [5, 5.41) is 15.4. The van der Waals surface area contributed by atoms with Crippen LogP contribution in [0.4, 0.5) is 0 Å². The van der Waals surface area contributed by atoms with Crippen LogP contribution in [-0.4, -0.2) is 37.4 Å². The molecule has 0 aliphatic heterocycles. The van der Waals surface area contributed by atoms with Crippen LogP contribution in [0.15, 0.2) is 0 Å². The fourth-order valence-electron chi connectivity index (χ4n) is 1.10. The van der Waals surface area contributed by atoms with Crippen molar-refractivity contribution in [2.24, 2.45) is 0 Å². The molecule has 10 heavy (non-hydrogen) atoms. The van der Waals surface area contributed by atoms with E-state index in [1.165, 1.54) is 0 Å². The molecule has 3 nitrogen and oxygen atoms in total. The highest BCUT2D eigenvalue weighted by Gasteiger charge is 2.27. The molecule has 3 heteroatoms. The van der Waals surface area contributed by atoms with Crippen LogP contribution in [0.5, 0.6) is 0 Å². The molecule has 60 valence electrons. The molecule has 2 atom stereocenters. The molecule has 0 heterocycles. The molecule has 1 fully saturated rings. The predicted octanol–water partition coefficient (Wildman–Crippen LogP) is -0.681. The number of aliphatic hydroxyl groups excluding tert-OH is 1. The van der Waals surface area contributed by atoms with Crippen LogP contribution >= 0.6 is 0 Å². The van der Waals surface area contributed by atoms with Gasteiger partial charge in [0.2, 0.25) is 0 Å². The van der Waals surface area contributed by atoms with Crippen molar-refractivity contribution < 1.29 is 5.11 Å². The van der Waals surface area contributed by atoms with Crippen molar-refractivity contribution in [3.05, 3.63) is 0 Å². The summed E-state index contributed by atoms with van der Waals surface area (Å²) in [6, 6.07) is 0.369. The van der Waals surface area contributed by atoms with Crippen molar-refractivity contribution in [2.75, 3.05) is 20.1 Å². The van der Waals surface area contributed by atoms with Crippen molar-refractivity contribution in [3.63, 3.8) is 0 Å². The molecular formula is C7H16N2O. The van der Waals surface area contributed by atoms with Gasteiger partial charge in [-0.15, -0.1) is 0 Å².